The van der Waals surface area contributed by atoms with Crippen LogP contribution in [0.2, 0.25) is 5.02 Å². The summed E-state index contributed by atoms with van der Waals surface area (Å²) in [4.78, 5) is 29.1. The molecule has 7 nitrogen and oxygen atoms in total. The molecular weight excluding hydrogens is 408 g/mol. The molecule has 3 rings (SSSR count). The number of carbonyl (C=O) groups is 2. The zero-order valence-electron chi connectivity index (χ0n) is 16.9. The first kappa shape index (κ1) is 21.7. The lowest BCUT2D eigenvalue weighted by molar-refractivity contribution is -0.140. The van der Waals surface area contributed by atoms with Crippen molar-refractivity contribution >= 4 is 29.1 Å². The second kappa shape index (κ2) is 8.77. The molecular formula is C22H23ClN2O5. The first-order valence-corrected chi connectivity index (χ1v) is 9.68. The van der Waals surface area contributed by atoms with Gasteiger partial charge in [-0.3, -0.25) is 9.59 Å². The van der Waals surface area contributed by atoms with E-state index in [1.54, 1.807) is 31.4 Å². The van der Waals surface area contributed by atoms with Crippen LogP contribution in [0.5, 0.6) is 11.5 Å². The molecule has 0 bridgehead atoms. The number of likely N-dealkylation sites (tertiary alicyclic amines) is 1. The third-order valence-corrected chi connectivity index (χ3v) is 5.21. The first-order chi connectivity index (χ1) is 14.2. The van der Waals surface area contributed by atoms with Crippen molar-refractivity contribution in [2.24, 2.45) is 0 Å². The number of aliphatic hydroxyl groups excluding tert-OH is 1. The van der Waals surface area contributed by atoms with Gasteiger partial charge in [-0.25, -0.2) is 0 Å². The van der Waals surface area contributed by atoms with Crippen LogP contribution >= 0.6 is 11.6 Å². The highest BCUT2D eigenvalue weighted by molar-refractivity contribution is 6.46. The van der Waals surface area contributed by atoms with Crippen LogP contribution in [0.3, 0.4) is 0 Å². The fraction of sp³-hybridized carbons (Fsp3) is 0.273. The number of ether oxygens (including phenoxy) is 1. The van der Waals surface area contributed by atoms with Gasteiger partial charge in [0, 0.05) is 18.1 Å². The molecule has 1 saturated heterocycles. The molecule has 1 amide bonds. The van der Waals surface area contributed by atoms with E-state index in [1.807, 2.05) is 19.0 Å². The maximum Gasteiger partial charge on any atom is 0.295 e. The largest absolute Gasteiger partial charge is 0.507 e. The van der Waals surface area contributed by atoms with Gasteiger partial charge in [-0.1, -0.05) is 23.7 Å². The van der Waals surface area contributed by atoms with E-state index in [2.05, 4.69) is 0 Å². The number of halogens is 1. The van der Waals surface area contributed by atoms with E-state index < -0.39 is 23.5 Å². The molecule has 1 aliphatic rings. The van der Waals surface area contributed by atoms with E-state index in [-0.39, 0.29) is 28.5 Å². The van der Waals surface area contributed by atoms with Gasteiger partial charge in [0.2, 0.25) is 0 Å². The van der Waals surface area contributed by atoms with Crippen LogP contribution in [0.15, 0.2) is 48.0 Å². The summed E-state index contributed by atoms with van der Waals surface area (Å²) < 4.78 is 5.19. The number of hydrogen-bond acceptors (Lipinski definition) is 6. The number of Topliss-reactive ketones (excluding diaryl/α,β-unsaturated/α-hetero) is 1. The molecule has 1 atom stereocenters. The number of hydrogen-bond donors (Lipinski definition) is 2. The Morgan fingerprint density at radius 1 is 1.17 bits per heavy atom. The van der Waals surface area contributed by atoms with E-state index in [0.29, 0.717) is 17.9 Å². The van der Waals surface area contributed by atoms with Gasteiger partial charge in [0.15, 0.2) is 0 Å². The summed E-state index contributed by atoms with van der Waals surface area (Å²) in [5, 5.41) is 21.4. The van der Waals surface area contributed by atoms with Crippen molar-refractivity contribution in [3.05, 3.63) is 64.2 Å². The van der Waals surface area contributed by atoms with Crippen LogP contribution in [0.4, 0.5) is 0 Å². The normalized spacial score (nSPS) is 18.3. The molecule has 1 aliphatic heterocycles. The molecule has 0 aliphatic carbocycles. The van der Waals surface area contributed by atoms with Gasteiger partial charge in [0.05, 0.1) is 24.3 Å². The summed E-state index contributed by atoms with van der Waals surface area (Å²) in [6, 6.07) is 10.2. The lowest BCUT2D eigenvalue weighted by atomic mass is 9.95. The number of carbonyl (C=O) groups excluding carboxylic acids is 2. The third-order valence-electron chi connectivity index (χ3n) is 4.97. The van der Waals surface area contributed by atoms with Gasteiger partial charge in [-0.15, -0.1) is 0 Å². The molecule has 1 heterocycles. The molecule has 1 unspecified atom stereocenters. The Morgan fingerprint density at radius 3 is 2.43 bits per heavy atom. The SMILES string of the molecule is COc1ccc(C2/C(=C(\O)c3cc(Cl)ccc3O)C(=O)C(=O)N2CCN(C)C)cc1. The number of phenolic OH excluding ortho intramolecular Hbond substituents is 1. The predicted octanol–water partition coefficient (Wildman–Crippen LogP) is 3.04. The van der Waals surface area contributed by atoms with E-state index in [1.165, 1.54) is 23.1 Å². The second-order valence-electron chi connectivity index (χ2n) is 7.23. The van der Waals surface area contributed by atoms with Crippen LogP contribution in [-0.2, 0) is 9.59 Å². The summed E-state index contributed by atoms with van der Waals surface area (Å²) in [6.45, 7) is 0.814. The summed E-state index contributed by atoms with van der Waals surface area (Å²) in [6.07, 6.45) is 0. The first-order valence-electron chi connectivity index (χ1n) is 9.30. The number of phenols is 1. The van der Waals surface area contributed by atoms with Crippen LogP contribution < -0.4 is 4.74 Å². The lowest BCUT2D eigenvalue weighted by Gasteiger charge is -2.26. The smallest absolute Gasteiger partial charge is 0.295 e. The minimum atomic E-state index is -0.813. The van der Waals surface area contributed by atoms with Crippen molar-refractivity contribution in [1.29, 1.82) is 0 Å². The van der Waals surface area contributed by atoms with Crippen molar-refractivity contribution in [3.63, 3.8) is 0 Å². The van der Waals surface area contributed by atoms with E-state index >= 15 is 0 Å². The fourth-order valence-electron chi connectivity index (χ4n) is 3.39. The fourth-order valence-corrected chi connectivity index (χ4v) is 3.57. The number of amides is 1. The topological polar surface area (TPSA) is 90.3 Å². The molecule has 8 heteroatoms. The number of aliphatic hydroxyl groups is 1. The standard InChI is InChI=1S/C22H23ClN2O5/c1-24(2)10-11-25-19(13-4-7-15(30-3)8-5-13)18(21(28)22(25)29)20(27)16-12-14(23)6-9-17(16)26/h4-9,12,19,26-27H,10-11H2,1-3H3/b20-18+. The number of methoxy groups -OCH3 is 1. The Labute approximate surface area is 179 Å². The predicted molar refractivity (Wildman–Crippen MR) is 114 cm³/mol. The number of aromatic hydroxyl groups is 1. The zero-order valence-corrected chi connectivity index (χ0v) is 17.7. The Bertz CT molecular complexity index is 1000. The van der Waals surface area contributed by atoms with Gasteiger partial charge in [0.25, 0.3) is 11.7 Å². The summed E-state index contributed by atoms with van der Waals surface area (Å²) in [5.41, 5.74) is 0.532. The Hall–Kier alpha value is -3.03. The Morgan fingerprint density at radius 2 is 1.83 bits per heavy atom. The van der Waals surface area contributed by atoms with E-state index in [4.69, 9.17) is 16.3 Å². The highest BCUT2D eigenvalue weighted by Crippen LogP contribution is 2.41. The van der Waals surface area contributed by atoms with Gasteiger partial charge in [-0.2, -0.15) is 0 Å². The third kappa shape index (κ3) is 4.13. The lowest BCUT2D eigenvalue weighted by Crippen LogP contribution is -2.35. The van der Waals surface area contributed by atoms with Crippen molar-refractivity contribution in [2.45, 2.75) is 6.04 Å². The van der Waals surface area contributed by atoms with Gasteiger partial charge < -0.3 is 24.7 Å². The summed E-state index contributed by atoms with van der Waals surface area (Å²) >= 11 is 6.01. The summed E-state index contributed by atoms with van der Waals surface area (Å²) in [7, 11) is 5.27. The minimum absolute atomic E-state index is 0.00776. The number of nitrogens with zero attached hydrogens (tertiary/aromatic N) is 2. The molecule has 1 fully saturated rings. The molecule has 0 spiro atoms. The van der Waals surface area contributed by atoms with E-state index in [9.17, 15) is 19.8 Å². The average Bonchev–Trinajstić information content (AvgIpc) is 2.98. The number of rotatable bonds is 6. The molecule has 2 aromatic carbocycles. The highest BCUT2D eigenvalue weighted by Gasteiger charge is 2.46. The van der Waals surface area contributed by atoms with E-state index in [0.717, 1.165) is 0 Å². The Balaban J connectivity index is 2.18. The zero-order chi connectivity index (χ0) is 22.0. The monoisotopic (exact) mass is 430 g/mol. The Kier molecular flexibility index (Phi) is 6.34. The second-order valence-corrected chi connectivity index (χ2v) is 7.67. The minimum Gasteiger partial charge on any atom is -0.507 e. The molecule has 0 radical (unpaired) electrons. The van der Waals surface area contributed by atoms with Crippen molar-refractivity contribution in [2.75, 3.05) is 34.3 Å². The molecule has 2 aromatic rings. The number of benzene rings is 2. The summed E-state index contributed by atoms with van der Waals surface area (Å²) in [5.74, 6) is -1.62. The van der Waals surface area contributed by atoms with Gasteiger partial charge in [0.1, 0.15) is 17.3 Å². The molecule has 0 saturated carbocycles. The number of ketones is 1. The van der Waals surface area contributed by atoms with Crippen molar-refractivity contribution < 1.29 is 24.5 Å². The van der Waals surface area contributed by atoms with Crippen molar-refractivity contribution in [1.82, 2.24) is 9.80 Å². The van der Waals surface area contributed by atoms with Crippen molar-refractivity contribution in [3.8, 4) is 11.5 Å². The van der Waals surface area contributed by atoms with Gasteiger partial charge >= 0.3 is 0 Å². The molecule has 158 valence electrons. The average molecular weight is 431 g/mol. The van der Waals surface area contributed by atoms with Gasteiger partial charge in [-0.05, 0) is 50.0 Å². The van der Waals surface area contributed by atoms with Crippen LogP contribution in [-0.4, -0.2) is 66.0 Å². The maximum atomic E-state index is 12.9. The van der Waals surface area contributed by atoms with Crippen LogP contribution in [0, 0.1) is 0 Å². The quantitative estimate of drug-likeness (QED) is 0.416. The maximum absolute atomic E-state index is 12.9. The molecule has 0 aromatic heterocycles. The number of likely N-dealkylation sites (N-methyl/N-ethyl adjacent to an activating group) is 1. The molecule has 30 heavy (non-hydrogen) atoms. The molecule has 2 N–H and O–H groups in total. The van der Waals surface area contributed by atoms with Crippen LogP contribution in [0.1, 0.15) is 17.2 Å². The van der Waals surface area contributed by atoms with Crippen LogP contribution in [0.25, 0.3) is 5.76 Å². The highest BCUT2D eigenvalue weighted by atomic mass is 35.5.